The molecule has 0 unspecified atom stereocenters. The van der Waals surface area contributed by atoms with Gasteiger partial charge in [-0.3, -0.25) is 9.20 Å². The summed E-state index contributed by atoms with van der Waals surface area (Å²) in [7, 11) is 0. The fourth-order valence-corrected chi connectivity index (χ4v) is 4.67. The van der Waals surface area contributed by atoms with E-state index in [4.69, 9.17) is 5.10 Å². The van der Waals surface area contributed by atoms with Crippen molar-refractivity contribution in [3.63, 3.8) is 0 Å². The first-order valence-electron chi connectivity index (χ1n) is 11.0. The molecule has 1 aromatic carbocycles. The molecule has 0 atom stereocenters. The Morgan fingerprint density at radius 2 is 1.78 bits per heavy atom. The first-order chi connectivity index (χ1) is 15.4. The van der Waals surface area contributed by atoms with Gasteiger partial charge in [-0.15, -0.1) is 0 Å². The van der Waals surface area contributed by atoms with Gasteiger partial charge >= 0.3 is 6.18 Å². The molecular formula is C24H23F3N4O. The normalized spacial score (nSPS) is 18.3. The SMILES string of the molecule is O=C1CCC(c2c(-c3cccc(C(F)(F)F)c3)nc3ccccn23)=NN1C1CCCCC1. The molecular weight excluding hydrogens is 417 g/mol. The summed E-state index contributed by atoms with van der Waals surface area (Å²) in [5.74, 6) is 0.00934. The molecule has 0 radical (unpaired) electrons. The van der Waals surface area contributed by atoms with E-state index in [1.54, 1.807) is 11.1 Å². The van der Waals surface area contributed by atoms with E-state index in [9.17, 15) is 18.0 Å². The molecule has 1 saturated carbocycles. The number of carbonyl (C=O) groups excluding carboxylic acids is 1. The number of halogens is 3. The zero-order chi connectivity index (χ0) is 22.3. The minimum absolute atomic E-state index is 0.00934. The average molecular weight is 440 g/mol. The van der Waals surface area contributed by atoms with Crippen LogP contribution in [0.5, 0.6) is 0 Å². The molecule has 0 spiro atoms. The number of amides is 1. The van der Waals surface area contributed by atoms with Crippen LogP contribution in [-0.4, -0.2) is 32.1 Å². The Kier molecular flexibility index (Phi) is 5.23. The smallest absolute Gasteiger partial charge is 0.298 e. The minimum atomic E-state index is -4.44. The van der Waals surface area contributed by atoms with Crippen LogP contribution in [0.25, 0.3) is 16.9 Å². The van der Waals surface area contributed by atoms with Crippen molar-refractivity contribution in [1.82, 2.24) is 14.4 Å². The maximum absolute atomic E-state index is 13.3. The summed E-state index contributed by atoms with van der Waals surface area (Å²) in [4.78, 5) is 17.3. The standard InChI is InChI=1S/C24H23F3N4O/c25-24(26,27)17-8-6-7-16(15-17)22-23(30-14-5-4-11-20(30)28-22)19-12-13-21(32)31(29-19)18-9-2-1-3-10-18/h4-8,11,14-15,18H,1-3,9-10,12-13H2. The molecule has 0 bridgehead atoms. The van der Waals surface area contributed by atoms with Crippen LogP contribution in [0.3, 0.4) is 0 Å². The second kappa shape index (κ2) is 8.07. The van der Waals surface area contributed by atoms with Gasteiger partial charge in [0.05, 0.1) is 28.7 Å². The van der Waals surface area contributed by atoms with E-state index in [0.29, 0.717) is 41.2 Å². The van der Waals surface area contributed by atoms with Gasteiger partial charge in [-0.2, -0.15) is 18.3 Å². The fraction of sp³-hybridized carbons (Fsp3) is 0.375. The second-order valence-corrected chi connectivity index (χ2v) is 8.39. The van der Waals surface area contributed by atoms with Gasteiger partial charge in [0, 0.05) is 24.6 Å². The quantitative estimate of drug-likeness (QED) is 0.526. The maximum Gasteiger partial charge on any atom is 0.416 e. The third kappa shape index (κ3) is 3.78. The summed E-state index contributed by atoms with van der Waals surface area (Å²) in [5, 5.41) is 6.38. The Morgan fingerprint density at radius 3 is 2.56 bits per heavy atom. The fourth-order valence-electron chi connectivity index (χ4n) is 4.67. The molecule has 5 nitrogen and oxygen atoms in total. The molecule has 1 amide bonds. The van der Waals surface area contributed by atoms with Crippen LogP contribution >= 0.6 is 0 Å². The molecule has 3 heterocycles. The molecule has 1 aliphatic carbocycles. The van der Waals surface area contributed by atoms with Gasteiger partial charge in [-0.1, -0.05) is 37.5 Å². The van der Waals surface area contributed by atoms with E-state index in [0.717, 1.165) is 37.8 Å². The summed E-state index contributed by atoms with van der Waals surface area (Å²) in [5.41, 5.74) is 2.05. The Balaban J connectivity index is 1.65. The van der Waals surface area contributed by atoms with E-state index >= 15 is 0 Å². The third-order valence-electron chi connectivity index (χ3n) is 6.25. The monoisotopic (exact) mass is 440 g/mol. The highest BCUT2D eigenvalue weighted by molar-refractivity contribution is 6.07. The number of imidazole rings is 1. The van der Waals surface area contributed by atoms with Crippen molar-refractivity contribution < 1.29 is 18.0 Å². The van der Waals surface area contributed by atoms with Crippen LogP contribution in [0.2, 0.25) is 0 Å². The Morgan fingerprint density at radius 1 is 0.969 bits per heavy atom. The van der Waals surface area contributed by atoms with Gasteiger partial charge in [0.25, 0.3) is 0 Å². The predicted octanol–water partition coefficient (Wildman–Crippen LogP) is 5.68. The molecule has 3 aromatic rings. The lowest BCUT2D eigenvalue weighted by atomic mass is 9.94. The topological polar surface area (TPSA) is 50.0 Å². The zero-order valence-corrected chi connectivity index (χ0v) is 17.5. The summed E-state index contributed by atoms with van der Waals surface area (Å²) in [6, 6.07) is 10.8. The van der Waals surface area contributed by atoms with E-state index in [2.05, 4.69) is 4.98 Å². The minimum Gasteiger partial charge on any atom is -0.298 e. The van der Waals surface area contributed by atoms with Crippen LogP contribution in [0, 0.1) is 0 Å². The molecule has 2 aliphatic rings. The largest absolute Gasteiger partial charge is 0.416 e. The first-order valence-corrected chi connectivity index (χ1v) is 11.0. The van der Waals surface area contributed by atoms with Crippen molar-refractivity contribution in [3.8, 4) is 11.3 Å². The van der Waals surface area contributed by atoms with Gasteiger partial charge in [0.1, 0.15) is 5.65 Å². The van der Waals surface area contributed by atoms with Crippen molar-refractivity contribution in [2.45, 2.75) is 57.2 Å². The molecule has 32 heavy (non-hydrogen) atoms. The first kappa shape index (κ1) is 20.7. The second-order valence-electron chi connectivity index (χ2n) is 8.39. The number of alkyl halides is 3. The predicted molar refractivity (Wildman–Crippen MR) is 115 cm³/mol. The highest BCUT2D eigenvalue weighted by atomic mass is 19.4. The highest BCUT2D eigenvalue weighted by Gasteiger charge is 2.33. The number of aromatic nitrogens is 2. The Bertz CT molecular complexity index is 1190. The maximum atomic E-state index is 13.3. The van der Waals surface area contributed by atoms with E-state index in [1.165, 1.54) is 12.5 Å². The van der Waals surface area contributed by atoms with Gasteiger partial charge in [0.2, 0.25) is 5.91 Å². The number of rotatable bonds is 3. The lowest BCUT2D eigenvalue weighted by Crippen LogP contribution is -2.41. The van der Waals surface area contributed by atoms with Crippen LogP contribution in [-0.2, 0) is 11.0 Å². The molecule has 0 N–H and O–H groups in total. The Labute approximate surface area is 183 Å². The Hall–Kier alpha value is -3.16. The van der Waals surface area contributed by atoms with Crippen molar-refractivity contribution in [2.75, 3.05) is 0 Å². The van der Waals surface area contributed by atoms with Crippen LogP contribution in [0.4, 0.5) is 13.2 Å². The van der Waals surface area contributed by atoms with Crippen LogP contribution < -0.4 is 0 Å². The lowest BCUT2D eigenvalue weighted by molar-refractivity contribution is -0.137. The molecule has 8 heteroatoms. The van der Waals surface area contributed by atoms with Gasteiger partial charge in [-0.25, -0.2) is 9.99 Å². The van der Waals surface area contributed by atoms with Crippen molar-refractivity contribution >= 4 is 17.3 Å². The highest BCUT2D eigenvalue weighted by Crippen LogP contribution is 2.34. The molecule has 1 aliphatic heterocycles. The molecule has 1 fully saturated rings. The third-order valence-corrected chi connectivity index (χ3v) is 6.25. The number of hydrogen-bond donors (Lipinski definition) is 0. The summed E-state index contributed by atoms with van der Waals surface area (Å²) < 4.78 is 41.9. The summed E-state index contributed by atoms with van der Waals surface area (Å²) in [6.07, 6.45) is 3.32. The zero-order valence-electron chi connectivity index (χ0n) is 17.5. The lowest BCUT2D eigenvalue weighted by Gasteiger charge is -2.33. The van der Waals surface area contributed by atoms with Gasteiger partial charge < -0.3 is 0 Å². The van der Waals surface area contributed by atoms with Crippen LogP contribution in [0.1, 0.15) is 56.2 Å². The van der Waals surface area contributed by atoms with E-state index in [-0.39, 0.29) is 11.9 Å². The van der Waals surface area contributed by atoms with Gasteiger partial charge in [-0.05, 0) is 37.1 Å². The molecule has 2 aromatic heterocycles. The number of fused-ring (bicyclic) bond motifs is 1. The number of nitrogens with zero attached hydrogens (tertiary/aromatic N) is 4. The number of benzene rings is 1. The van der Waals surface area contributed by atoms with Gasteiger partial charge in [0.15, 0.2) is 0 Å². The van der Waals surface area contributed by atoms with Crippen molar-refractivity contribution in [1.29, 1.82) is 0 Å². The molecule has 0 saturated heterocycles. The van der Waals surface area contributed by atoms with E-state index in [1.807, 2.05) is 28.8 Å². The average Bonchev–Trinajstić information content (AvgIpc) is 3.19. The van der Waals surface area contributed by atoms with Crippen LogP contribution in [0.15, 0.2) is 53.8 Å². The number of hydrogen-bond acceptors (Lipinski definition) is 3. The van der Waals surface area contributed by atoms with Crippen molar-refractivity contribution in [2.24, 2.45) is 5.10 Å². The summed E-state index contributed by atoms with van der Waals surface area (Å²) >= 11 is 0. The molecule has 5 rings (SSSR count). The summed E-state index contributed by atoms with van der Waals surface area (Å²) in [6.45, 7) is 0. The van der Waals surface area contributed by atoms with Crippen molar-refractivity contribution in [3.05, 3.63) is 59.9 Å². The van der Waals surface area contributed by atoms with E-state index < -0.39 is 11.7 Å². The number of hydrazone groups is 1. The number of carbonyl (C=O) groups is 1. The number of pyridine rings is 1. The molecule has 166 valence electrons.